The number of hydrogen-bond donors (Lipinski definition) is 1. The van der Waals surface area contributed by atoms with Crippen LogP contribution in [0.3, 0.4) is 0 Å². The van der Waals surface area contributed by atoms with Crippen molar-refractivity contribution in [2.75, 3.05) is 33.3 Å². The largest absolute Gasteiger partial charge is 0.497 e. The van der Waals surface area contributed by atoms with E-state index in [-0.39, 0.29) is 23.8 Å². The second-order valence-corrected chi connectivity index (χ2v) is 9.97. The Labute approximate surface area is 216 Å². The fourth-order valence-corrected chi connectivity index (χ4v) is 5.37. The van der Waals surface area contributed by atoms with Crippen LogP contribution < -0.4 is 10.1 Å². The van der Waals surface area contributed by atoms with E-state index in [1.54, 1.807) is 18.3 Å². The number of nitrogens with zero attached hydrogens (tertiary/aromatic N) is 4. The predicted octanol–water partition coefficient (Wildman–Crippen LogP) is 4.77. The van der Waals surface area contributed by atoms with Crippen molar-refractivity contribution < 1.29 is 22.7 Å². The number of ether oxygens (including phenoxy) is 1. The van der Waals surface area contributed by atoms with Crippen LogP contribution in [-0.2, 0) is 17.5 Å². The molecule has 3 aromatic rings. The topological polar surface area (TPSA) is 71.8 Å². The number of benzene rings is 2. The summed E-state index contributed by atoms with van der Waals surface area (Å²) in [4.78, 5) is 19.9. The van der Waals surface area contributed by atoms with Crippen molar-refractivity contribution >= 4 is 39.8 Å². The van der Waals surface area contributed by atoms with Gasteiger partial charge in [0.1, 0.15) is 5.75 Å². The molecule has 0 saturated carbocycles. The summed E-state index contributed by atoms with van der Waals surface area (Å²) in [6.45, 7) is 3.71. The number of likely N-dealkylation sites (tertiary alicyclic amines) is 1. The van der Waals surface area contributed by atoms with Crippen molar-refractivity contribution in [3.8, 4) is 5.75 Å². The first-order valence-corrected chi connectivity index (χ1v) is 12.8. The zero-order valence-electron chi connectivity index (χ0n) is 20.2. The van der Waals surface area contributed by atoms with Crippen molar-refractivity contribution in [2.24, 2.45) is 4.99 Å². The number of carbonyl (C=O) groups excluding carboxylic acids is 1. The summed E-state index contributed by atoms with van der Waals surface area (Å²) in [5, 5.41) is 8.49. The van der Waals surface area contributed by atoms with Gasteiger partial charge >= 0.3 is 6.18 Å². The number of aliphatic imine (C=N–C) groups is 1. The van der Waals surface area contributed by atoms with E-state index in [0.29, 0.717) is 22.1 Å². The maximum absolute atomic E-state index is 13.6. The first-order valence-electron chi connectivity index (χ1n) is 12.0. The number of thioether (sulfide) groups is 1. The number of alkyl halides is 3. The number of hydrogen-bond acceptors (Lipinski definition) is 6. The standard InChI is InChI=1S/C26H26F3N5O2S/c1-36-20-6-5-18(21(14-20)26(27,28)29)16-34-22-7-4-17(12-19(22)15-31-34)13-23-24(35)32-25(37-23)30-8-11-33-9-2-3-10-33/h4-7,12-15H,2-3,8-11,16H2,1H3,(H,30,32,35)/b23-13-. The highest BCUT2D eigenvalue weighted by Crippen LogP contribution is 2.35. The molecule has 1 amide bonds. The molecule has 0 aliphatic carbocycles. The highest BCUT2D eigenvalue weighted by atomic mass is 32.2. The molecule has 2 aliphatic heterocycles. The second kappa shape index (κ2) is 10.6. The molecule has 0 radical (unpaired) electrons. The third kappa shape index (κ3) is 5.83. The Kier molecular flexibility index (Phi) is 7.25. The minimum Gasteiger partial charge on any atom is -0.497 e. The summed E-state index contributed by atoms with van der Waals surface area (Å²) in [5.74, 6) is -0.0485. The van der Waals surface area contributed by atoms with Gasteiger partial charge in [-0.1, -0.05) is 12.1 Å². The summed E-state index contributed by atoms with van der Waals surface area (Å²) in [6.07, 6.45) is 1.34. The number of aromatic nitrogens is 2. The molecule has 5 rings (SSSR count). The number of amides is 1. The third-order valence-corrected chi connectivity index (χ3v) is 7.38. The van der Waals surface area contributed by atoms with Gasteiger partial charge in [0.15, 0.2) is 5.17 Å². The van der Waals surface area contributed by atoms with E-state index in [9.17, 15) is 18.0 Å². The number of rotatable bonds is 7. The number of nitrogens with one attached hydrogen (secondary N) is 1. The van der Waals surface area contributed by atoms with Crippen LogP contribution in [0.5, 0.6) is 5.75 Å². The first-order chi connectivity index (χ1) is 17.8. The molecule has 0 bridgehead atoms. The fourth-order valence-electron chi connectivity index (χ4n) is 4.52. The molecule has 11 heteroatoms. The monoisotopic (exact) mass is 529 g/mol. The van der Waals surface area contributed by atoms with Crippen LogP contribution in [0, 0.1) is 0 Å². The van der Waals surface area contributed by atoms with Gasteiger partial charge in [0.2, 0.25) is 0 Å². The number of amidine groups is 1. The molecule has 0 unspecified atom stereocenters. The molecular weight excluding hydrogens is 503 g/mol. The zero-order chi connectivity index (χ0) is 26.0. The van der Waals surface area contributed by atoms with Gasteiger partial charge in [-0.2, -0.15) is 18.3 Å². The maximum atomic E-state index is 13.6. The van der Waals surface area contributed by atoms with E-state index in [1.807, 2.05) is 12.1 Å². The van der Waals surface area contributed by atoms with Crippen molar-refractivity contribution in [1.29, 1.82) is 0 Å². The lowest BCUT2D eigenvalue weighted by atomic mass is 10.1. The Bertz CT molecular complexity index is 1380. The molecule has 37 heavy (non-hydrogen) atoms. The van der Waals surface area contributed by atoms with Crippen molar-refractivity contribution in [1.82, 2.24) is 20.0 Å². The number of halogens is 3. The van der Waals surface area contributed by atoms with Gasteiger partial charge in [-0.25, -0.2) is 0 Å². The molecule has 2 aromatic carbocycles. The van der Waals surface area contributed by atoms with Crippen LogP contribution in [0.25, 0.3) is 17.0 Å². The molecular formula is C26H26F3N5O2S. The summed E-state index contributed by atoms with van der Waals surface area (Å²) >= 11 is 1.31. The van der Waals surface area contributed by atoms with Gasteiger partial charge in [-0.15, -0.1) is 0 Å². The summed E-state index contributed by atoms with van der Waals surface area (Å²) in [5.41, 5.74) is 0.835. The van der Waals surface area contributed by atoms with Gasteiger partial charge in [-0.05, 0) is 79.2 Å². The molecule has 2 saturated heterocycles. The van der Waals surface area contributed by atoms with Crippen LogP contribution in [0.4, 0.5) is 13.2 Å². The Morgan fingerprint density at radius 1 is 1.19 bits per heavy atom. The highest BCUT2D eigenvalue weighted by Gasteiger charge is 2.34. The summed E-state index contributed by atoms with van der Waals surface area (Å²) in [6, 6.07) is 9.40. The zero-order valence-corrected chi connectivity index (χ0v) is 21.0. The lowest BCUT2D eigenvalue weighted by Gasteiger charge is -2.14. The van der Waals surface area contributed by atoms with Gasteiger partial charge in [-0.3, -0.25) is 14.5 Å². The van der Waals surface area contributed by atoms with E-state index in [1.165, 1.54) is 48.5 Å². The lowest BCUT2D eigenvalue weighted by molar-refractivity contribution is -0.138. The summed E-state index contributed by atoms with van der Waals surface area (Å²) < 4.78 is 47.3. The Hall–Kier alpha value is -3.31. The fraction of sp³-hybridized carbons (Fsp3) is 0.346. The molecule has 194 valence electrons. The van der Waals surface area contributed by atoms with Crippen LogP contribution in [0.15, 0.2) is 52.5 Å². The molecule has 7 nitrogen and oxygen atoms in total. The SMILES string of the molecule is COc1ccc(Cn2ncc3cc(/C=C4\SC(=NCCN5CCCC5)NC4=O)ccc32)c(C(F)(F)F)c1. The van der Waals surface area contributed by atoms with E-state index < -0.39 is 11.7 Å². The van der Waals surface area contributed by atoms with Crippen molar-refractivity contribution in [3.05, 3.63) is 64.2 Å². The average molecular weight is 530 g/mol. The molecule has 0 atom stereocenters. The van der Waals surface area contributed by atoms with Crippen molar-refractivity contribution in [2.45, 2.75) is 25.6 Å². The van der Waals surface area contributed by atoms with Gasteiger partial charge in [0, 0.05) is 11.9 Å². The minimum absolute atomic E-state index is 0.0434. The molecule has 2 fully saturated rings. The quantitative estimate of drug-likeness (QED) is 0.447. The van der Waals surface area contributed by atoms with Crippen molar-refractivity contribution in [3.63, 3.8) is 0 Å². The van der Waals surface area contributed by atoms with E-state index in [2.05, 4.69) is 20.3 Å². The first kappa shape index (κ1) is 25.3. The smallest absolute Gasteiger partial charge is 0.416 e. The number of carbonyl (C=O) groups is 1. The lowest BCUT2D eigenvalue weighted by Crippen LogP contribution is -2.24. The van der Waals surface area contributed by atoms with Crippen LogP contribution >= 0.6 is 11.8 Å². The van der Waals surface area contributed by atoms with E-state index in [0.717, 1.165) is 36.7 Å². The van der Waals surface area contributed by atoms with Gasteiger partial charge in [0.05, 0.1) is 42.4 Å². The van der Waals surface area contributed by atoms with Crippen LogP contribution in [0.1, 0.15) is 29.5 Å². The van der Waals surface area contributed by atoms with E-state index in [4.69, 9.17) is 4.74 Å². The summed E-state index contributed by atoms with van der Waals surface area (Å²) in [7, 11) is 1.33. The molecule has 1 N–H and O–H groups in total. The number of methoxy groups -OCH3 is 1. The second-order valence-electron chi connectivity index (χ2n) is 8.94. The van der Waals surface area contributed by atoms with Gasteiger partial charge in [0.25, 0.3) is 5.91 Å². The highest BCUT2D eigenvalue weighted by molar-refractivity contribution is 8.18. The number of fused-ring (bicyclic) bond motifs is 1. The van der Waals surface area contributed by atoms with Gasteiger partial charge < -0.3 is 15.0 Å². The maximum Gasteiger partial charge on any atom is 0.416 e. The Morgan fingerprint density at radius 3 is 2.76 bits per heavy atom. The average Bonchev–Trinajstić information content (AvgIpc) is 3.60. The molecule has 3 heterocycles. The normalized spacial score (nSPS) is 18.9. The predicted molar refractivity (Wildman–Crippen MR) is 139 cm³/mol. The molecule has 2 aliphatic rings. The Morgan fingerprint density at radius 2 is 2.00 bits per heavy atom. The Balaban J connectivity index is 1.31. The van der Waals surface area contributed by atoms with Crippen LogP contribution in [-0.4, -0.2) is 59.0 Å². The molecule has 0 spiro atoms. The molecule has 1 aromatic heterocycles. The van der Waals surface area contributed by atoms with Crippen LogP contribution in [0.2, 0.25) is 0 Å². The third-order valence-electron chi connectivity index (χ3n) is 6.43. The van der Waals surface area contributed by atoms with E-state index >= 15 is 0 Å². The minimum atomic E-state index is -4.51.